The van der Waals surface area contributed by atoms with Crippen LogP contribution in [-0.2, 0) is 0 Å². The van der Waals surface area contributed by atoms with Gasteiger partial charge in [-0.15, -0.1) is 0 Å². The summed E-state index contributed by atoms with van der Waals surface area (Å²) in [6.45, 7) is 0. The van der Waals surface area contributed by atoms with Crippen molar-refractivity contribution in [2.75, 3.05) is 0 Å². The van der Waals surface area contributed by atoms with Gasteiger partial charge in [-0.3, -0.25) is 10.1 Å². The lowest BCUT2D eigenvalue weighted by Gasteiger charge is -1.94. The first-order chi connectivity index (χ1) is 6.58. The largest absolute Gasteiger partial charge is 0.328 e. The molecule has 0 fully saturated rings. The lowest BCUT2D eigenvalue weighted by Crippen LogP contribution is -1.91. The lowest BCUT2D eigenvalue weighted by molar-refractivity contribution is -0.385. The zero-order valence-corrected chi connectivity index (χ0v) is 9.53. The maximum absolute atomic E-state index is 10.6. The fourth-order valence-electron chi connectivity index (χ4n) is 1.13. The first kappa shape index (κ1) is 9.66. The summed E-state index contributed by atoms with van der Waals surface area (Å²) in [7, 11) is 0. The predicted molar refractivity (Wildman–Crippen MR) is 60.5 cm³/mol. The van der Waals surface area contributed by atoms with Crippen molar-refractivity contribution in [1.29, 1.82) is 0 Å². The van der Waals surface area contributed by atoms with E-state index in [-0.39, 0.29) is 11.0 Å². The van der Waals surface area contributed by atoms with E-state index in [1.807, 2.05) is 22.6 Å². The highest BCUT2D eigenvalue weighted by atomic mass is 127. The summed E-state index contributed by atoms with van der Waals surface area (Å²) in [6.07, 6.45) is 0. The van der Waals surface area contributed by atoms with E-state index in [1.54, 1.807) is 6.07 Å². The molecule has 1 aromatic heterocycles. The molecule has 0 radical (unpaired) electrons. The van der Waals surface area contributed by atoms with Gasteiger partial charge in [-0.25, -0.2) is 4.98 Å². The van der Waals surface area contributed by atoms with Crippen molar-refractivity contribution >= 4 is 50.9 Å². The van der Waals surface area contributed by atoms with E-state index in [0.717, 1.165) is 0 Å². The van der Waals surface area contributed by atoms with Gasteiger partial charge in [0.1, 0.15) is 0 Å². The molecule has 0 saturated heterocycles. The Hall–Kier alpha value is -0.890. The smallest absolute Gasteiger partial charge is 0.284 e. The van der Waals surface area contributed by atoms with Crippen LogP contribution in [0, 0.1) is 13.7 Å². The number of nitro groups is 1. The molecule has 5 nitrogen and oxygen atoms in total. The third kappa shape index (κ3) is 1.55. The second-order valence-corrected chi connectivity index (χ2v) is 4.13. The lowest BCUT2D eigenvalue weighted by atomic mass is 10.3. The van der Waals surface area contributed by atoms with Crippen molar-refractivity contribution < 1.29 is 4.92 Å². The van der Waals surface area contributed by atoms with Gasteiger partial charge in [-0.1, -0.05) is 0 Å². The van der Waals surface area contributed by atoms with Crippen LogP contribution < -0.4 is 0 Å². The molecule has 0 unspecified atom stereocenters. The Morgan fingerprint density at radius 1 is 1.57 bits per heavy atom. The number of aromatic amines is 1. The third-order valence-corrected chi connectivity index (χ3v) is 2.76. The molecule has 72 valence electrons. The summed E-state index contributed by atoms with van der Waals surface area (Å²) in [5.74, 6) is 0. The van der Waals surface area contributed by atoms with Crippen LogP contribution in [0.3, 0.4) is 0 Å². The first-order valence-corrected chi connectivity index (χ1v) is 5.03. The van der Waals surface area contributed by atoms with Crippen LogP contribution in [0.1, 0.15) is 0 Å². The topological polar surface area (TPSA) is 71.8 Å². The number of nitrogens with one attached hydrogen (secondary N) is 1. The fraction of sp³-hybridized carbons (Fsp3) is 0. The molecule has 0 spiro atoms. The van der Waals surface area contributed by atoms with Crippen molar-refractivity contribution in [1.82, 2.24) is 9.97 Å². The van der Waals surface area contributed by atoms with Gasteiger partial charge >= 0.3 is 0 Å². The number of H-pyrrole nitrogens is 1. The number of nitro benzene ring substituents is 1. The van der Waals surface area contributed by atoms with Crippen LogP contribution in [0.15, 0.2) is 12.1 Å². The van der Waals surface area contributed by atoms with Crippen molar-refractivity contribution in [2.24, 2.45) is 0 Å². The number of aromatic nitrogens is 2. The van der Waals surface area contributed by atoms with E-state index in [1.165, 1.54) is 6.07 Å². The summed E-state index contributed by atoms with van der Waals surface area (Å²) in [5, 5.41) is 10.8. The second-order valence-electron chi connectivity index (χ2n) is 2.61. The standard InChI is InChI=1S/C7H3ClIN3O2/c8-7-10-4-1-3(9)6(12(13)14)2-5(4)11-7/h1-2H,(H,10,11). The quantitative estimate of drug-likeness (QED) is 0.498. The minimum atomic E-state index is -0.435. The maximum Gasteiger partial charge on any atom is 0.284 e. The number of hydrogen-bond donors (Lipinski definition) is 1. The Balaban J connectivity index is 2.76. The molecule has 14 heavy (non-hydrogen) atoms. The monoisotopic (exact) mass is 323 g/mol. The molecule has 0 aliphatic heterocycles. The maximum atomic E-state index is 10.6. The molecule has 0 bridgehead atoms. The summed E-state index contributed by atoms with van der Waals surface area (Å²) in [4.78, 5) is 16.9. The summed E-state index contributed by atoms with van der Waals surface area (Å²) < 4.78 is 0.545. The van der Waals surface area contributed by atoms with E-state index < -0.39 is 4.92 Å². The molecule has 0 saturated carbocycles. The number of nitrogens with zero attached hydrogens (tertiary/aromatic N) is 2. The Morgan fingerprint density at radius 3 is 2.93 bits per heavy atom. The summed E-state index contributed by atoms with van der Waals surface area (Å²) in [5.41, 5.74) is 1.26. The zero-order chi connectivity index (χ0) is 10.3. The zero-order valence-electron chi connectivity index (χ0n) is 6.62. The Morgan fingerprint density at radius 2 is 2.29 bits per heavy atom. The van der Waals surface area contributed by atoms with Gasteiger partial charge in [0, 0.05) is 6.07 Å². The Labute approximate surface area is 96.8 Å². The molecule has 1 aromatic carbocycles. The molecule has 1 N–H and O–H groups in total. The molecule has 2 rings (SSSR count). The number of fused-ring (bicyclic) bond motifs is 1. The highest BCUT2D eigenvalue weighted by molar-refractivity contribution is 14.1. The van der Waals surface area contributed by atoms with Crippen LogP contribution in [-0.4, -0.2) is 14.9 Å². The molecular formula is C7H3ClIN3O2. The minimum absolute atomic E-state index is 0.0541. The van der Waals surface area contributed by atoms with Gasteiger partial charge in [0.2, 0.25) is 5.28 Å². The SMILES string of the molecule is O=[N+]([O-])c1cc2[nH]c(Cl)nc2cc1I. The normalized spacial score (nSPS) is 10.7. The molecule has 2 aromatic rings. The van der Waals surface area contributed by atoms with Crippen molar-refractivity contribution in [2.45, 2.75) is 0 Å². The van der Waals surface area contributed by atoms with Gasteiger partial charge in [0.25, 0.3) is 5.69 Å². The van der Waals surface area contributed by atoms with E-state index in [0.29, 0.717) is 14.6 Å². The van der Waals surface area contributed by atoms with Crippen molar-refractivity contribution in [3.05, 3.63) is 31.1 Å². The number of benzene rings is 1. The van der Waals surface area contributed by atoms with Crippen LogP contribution in [0.2, 0.25) is 5.28 Å². The average Bonchev–Trinajstić information content (AvgIpc) is 2.42. The van der Waals surface area contributed by atoms with Crippen LogP contribution in [0.5, 0.6) is 0 Å². The first-order valence-electron chi connectivity index (χ1n) is 3.57. The highest BCUT2D eigenvalue weighted by Crippen LogP contribution is 2.26. The second kappa shape index (κ2) is 3.35. The van der Waals surface area contributed by atoms with Gasteiger partial charge < -0.3 is 4.98 Å². The molecule has 0 amide bonds. The minimum Gasteiger partial charge on any atom is -0.328 e. The number of halogens is 2. The number of imidazole rings is 1. The molecule has 1 heterocycles. The Kier molecular flexibility index (Phi) is 2.31. The van der Waals surface area contributed by atoms with Crippen molar-refractivity contribution in [3.63, 3.8) is 0 Å². The van der Waals surface area contributed by atoms with Gasteiger partial charge in [-0.2, -0.15) is 0 Å². The summed E-state index contributed by atoms with van der Waals surface area (Å²) in [6, 6.07) is 3.05. The van der Waals surface area contributed by atoms with Crippen LogP contribution >= 0.6 is 34.2 Å². The Bertz CT molecular complexity index is 525. The van der Waals surface area contributed by atoms with Crippen LogP contribution in [0.4, 0.5) is 5.69 Å². The van der Waals surface area contributed by atoms with E-state index in [4.69, 9.17) is 11.6 Å². The third-order valence-electron chi connectivity index (χ3n) is 1.72. The molecular weight excluding hydrogens is 320 g/mol. The number of rotatable bonds is 1. The van der Waals surface area contributed by atoms with E-state index in [2.05, 4.69) is 9.97 Å². The van der Waals surface area contributed by atoms with E-state index in [9.17, 15) is 10.1 Å². The molecule has 0 aliphatic rings. The molecule has 0 aliphatic carbocycles. The molecule has 0 atom stereocenters. The fourth-order valence-corrected chi connectivity index (χ4v) is 1.97. The average molecular weight is 323 g/mol. The van der Waals surface area contributed by atoms with Gasteiger partial charge in [0.05, 0.1) is 19.5 Å². The highest BCUT2D eigenvalue weighted by Gasteiger charge is 2.14. The predicted octanol–water partition coefficient (Wildman–Crippen LogP) is 2.73. The van der Waals surface area contributed by atoms with E-state index >= 15 is 0 Å². The molecule has 7 heteroatoms. The van der Waals surface area contributed by atoms with Gasteiger partial charge in [0.15, 0.2) is 0 Å². The van der Waals surface area contributed by atoms with Crippen molar-refractivity contribution in [3.8, 4) is 0 Å². The number of hydrogen-bond acceptors (Lipinski definition) is 3. The van der Waals surface area contributed by atoms with Crippen LogP contribution in [0.25, 0.3) is 11.0 Å². The summed E-state index contributed by atoms with van der Waals surface area (Å²) >= 11 is 7.52. The van der Waals surface area contributed by atoms with Gasteiger partial charge in [-0.05, 0) is 40.3 Å².